The van der Waals surface area contributed by atoms with Crippen LogP contribution in [0, 0.1) is 0 Å². The maximum absolute atomic E-state index is 11.2. The molecule has 1 atom stereocenters. The smallest absolute Gasteiger partial charge is 0.230 e. The molecule has 0 aliphatic rings. The fraction of sp³-hybridized carbons (Fsp3) is 0.898. The Morgan fingerprint density at radius 2 is 0.776 bits per heavy atom. The Labute approximate surface area is 367 Å². The molecule has 8 nitrogen and oxygen atoms in total. The third kappa shape index (κ3) is 49.6. The van der Waals surface area contributed by atoms with Gasteiger partial charge in [0.25, 0.3) is 0 Å². The third-order valence-electron chi connectivity index (χ3n) is 10.2. The van der Waals surface area contributed by atoms with E-state index in [2.05, 4.69) is 59.4 Å². The Bertz CT molecular complexity index is 846. The van der Waals surface area contributed by atoms with Gasteiger partial charge in [0.2, 0.25) is 5.91 Å². The topological polar surface area (TPSA) is 84.5 Å². The molecule has 0 rings (SSSR count). The minimum Gasteiger partial charge on any atom is -0.379 e. The van der Waals surface area contributed by atoms with E-state index in [9.17, 15) is 4.79 Å². The molecule has 1 amide bonds. The van der Waals surface area contributed by atoms with Gasteiger partial charge in [0.1, 0.15) is 6.10 Å². The quantitative estimate of drug-likeness (QED) is 0.0370. The van der Waals surface area contributed by atoms with Crippen molar-refractivity contribution in [3.8, 4) is 0 Å². The molecule has 0 bridgehead atoms. The average Bonchev–Trinajstić information content (AvgIpc) is 3.23. The van der Waals surface area contributed by atoms with Gasteiger partial charge < -0.3 is 33.7 Å². The lowest BCUT2D eigenvalue weighted by atomic mass is 10.1. The number of hydrogen-bond donors (Lipinski definition) is 1. The Morgan fingerprint density at radius 3 is 1.21 bits per heavy atom. The lowest BCUT2D eigenvalue weighted by Gasteiger charge is -2.18. The maximum Gasteiger partial charge on any atom is 0.230 e. The first-order chi connectivity index (χ1) is 28.7. The molecular formula is C49H94BrNO7. The number of ether oxygens (including phenoxy) is 6. The zero-order valence-corrected chi connectivity index (χ0v) is 39.7. The number of unbranched alkanes of at least 4 members (excludes halogenated alkanes) is 24. The van der Waals surface area contributed by atoms with Crippen LogP contribution in [0.2, 0.25) is 0 Å². The number of hydrogen-bond acceptors (Lipinski definition) is 7. The van der Waals surface area contributed by atoms with Gasteiger partial charge in [-0.2, -0.15) is 0 Å². The van der Waals surface area contributed by atoms with Crippen molar-refractivity contribution in [2.45, 2.75) is 200 Å². The van der Waals surface area contributed by atoms with Gasteiger partial charge in [0.05, 0.1) is 64.8 Å². The highest BCUT2D eigenvalue weighted by atomic mass is 79.9. The number of alkyl halides is 1. The van der Waals surface area contributed by atoms with Crippen molar-refractivity contribution < 1.29 is 33.2 Å². The van der Waals surface area contributed by atoms with Crippen molar-refractivity contribution in [3.63, 3.8) is 0 Å². The molecule has 0 heterocycles. The van der Waals surface area contributed by atoms with Crippen molar-refractivity contribution in [2.24, 2.45) is 0 Å². The maximum atomic E-state index is 11.2. The van der Waals surface area contributed by atoms with Gasteiger partial charge in [0.15, 0.2) is 0 Å². The molecular weight excluding hydrogens is 794 g/mol. The number of amides is 1. The Kier molecular flexibility index (Phi) is 51.6. The van der Waals surface area contributed by atoms with E-state index in [4.69, 9.17) is 28.4 Å². The lowest BCUT2D eigenvalue weighted by molar-refractivity contribution is -0.118. The predicted octanol–water partition coefficient (Wildman–Crippen LogP) is 13.0. The van der Waals surface area contributed by atoms with E-state index in [1.165, 1.54) is 167 Å². The van der Waals surface area contributed by atoms with Crippen molar-refractivity contribution in [1.29, 1.82) is 0 Å². The summed E-state index contributed by atoms with van der Waals surface area (Å²) in [7, 11) is 0. The molecule has 0 aromatic carbocycles. The summed E-state index contributed by atoms with van der Waals surface area (Å²) in [5.74, 6) is -0.0410. The summed E-state index contributed by atoms with van der Waals surface area (Å²) in [5, 5.41) is 3.05. The number of nitrogens with one attached hydrogen (secondary N) is 1. The molecule has 0 spiro atoms. The molecule has 0 saturated carbocycles. The molecule has 0 aliphatic carbocycles. The van der Waals surface area contributed by atoms with Crippen molar-refractivity contribution in [3.05, 3.63) is 24.3 Å². The summed E-state index contributed by atoms with van der Waals surface area (Å²) in [4.78, 5) is 11.2. The van der Waals surface area contributed by atoms with Crippen molar-refractivity contribution in [1.82, 2.24) is 5.32 Å². The average molecular weight is 889 g/mol. The van der Waals surface area contributed by atoms with Crippen LogP contribution < -0.4 is 5.32 Å². The van der Waals surface area contributed by atoms with Crippen LogP contribution in [0.5, 0.6) is 0 Å². The Balaban J connectivity index is 4.03. The van der Waals surface area contributed by atoms with Crippen LogP contribution in [0.3, 0.4) is 0 Å². The molecule has 0 aromatic rings. The van der Waals surface area contributed by atoms with Crippen LogP contribution in [0.25, 0.3) is 0 Å². The van der Waals surface area contributed by atoms with Crippen LogP contribution in [-0.4, -0.2) is 96.6 Å². The Hall–Kier alpha value is -0.810. The van der Waals surface area contributed by atoms with Crippen molar-refractivity contribution in [2.75, 3.05) is 84.6 Å². The number of allylic oxidation sites excluding steroid dienone is 4. The fourth-order valence-corrected chi connectivity index (χ4v) is 6.79. The molecule has 0 aliphatic heterocycles. The monoisotopic (exact) mass is 888 g/mol. The summed E-state index contributed by atoms with van der Waals surface area (Å²) >= 11 is 3.12. The minimum absolute atomic E-state index is 0.0410. The number of carbonyl (C=O) groups is 1. The second kappa shape index (κ2) is 52.3. The van der Waals surface area contributed by atoms with Gasteiger partial charge in [-0.25, -0.2) is 0 Å². The van der Waals surface area contributed by atoms with E-state index in [-0.39, 0.29) is 12.0 Å². The van der Waals surface area contributed by atoms with E-state index in [1.54, 1.807) is 0 Å². The molecule has 9 heteroatoms. The van der Waals surface area contributed by atoms with Crippen LogP contribution in [0.15, 0.2) is 24.3 Å². The van der Waals surface area contributed by atoms with Gasteiger partial charge >= 0.3 is 0 Å². The van der Waals surface area contributed by atoms with Crippen LogP contribution in [-0.2, 0) is 33.2 Å². The first-order valence-corrected chi connectivity index (χ1v) is 25.5. The summed E-state index contributed by atoms with van der Waals surface area (Å²) in [5.41, 5.74) is 0. The third-order valence-corrected chi connectivity index (χ3v) is 10.7. The second-order valence-corrected chi connectivity index (χ2v) is 16.4. The summed E-state index contributed by atoms with van der Waals surface area (Å²) in [6.45, 7) is 11.2. The lowest BCUT2D eigenvalue weighted by Crippen LogP contribution is -2.28. The second-order valence-electron chi connectivity index (χ2n) is 15.8. The standard InChI is InChI=1S/C49H94BrNO7/c1-3-5-7-9-11-13-15-17-19-21-23-25-27-29-31-33-36-56-46-48(47-57-44-43-55-42-41-54-40-39-53-38-35-51-49(52)45-50)58-37-34-32-30-28-26-24-22-20-18-16-14-12-10-8-6-4-2/h17-20,48H,3-16,21-47H2,1-2H3,(H,51,52)/b19-17+,20-18-. The number of rotatable bonds is 50. The van der Waals surface area contributed by atoms with E-state index in [0.717, 1.165) is 26.1 Å². The van der Waals surface area contributed by atoms with E-state index in [1.807, 2.05) is 0 Å². The molecule has 344 valence electrons. The molecule has 1 unspecified atom stereocenters. The predicted molar refractivity (Wildman–Crippen MR) is 250 cm³/mol. The molecule has 0 saturated heterocycles. The highest BCUT2D eigenvalue weighted by molar-refractivity contribution is 9.09. The first-order valence-electron chi connectivity index (χ1n) is 24.4. The van der Waals surface area contributed by atoms with E-state index in [0.29, 0.717) is 71.3 Å². The summed E-state index contributed by atoms with van der Waals surface area (Å²) in [6.07, 6.45) is 46.3. The SMILES string of the molecule is CCCCCCCC/C=C\CCCCCCCCOC(COCCCCCCCC/C=C/CCCCCCCC)COCCOCCOCCOCCNC(=O)CBr. The molecule has 0 aromatic heterocycles. The Morgan fingerprint density at radius 1 is 0.431 bits per heavy atom. The highest BCUT2D eigenvalue weighted by Crippen LogP contribution is 2.12. The van der Waals surface area contributed by atoms with Gasteiger partial charge in [-0.05, 0) is 64.2 Å². The molecule has 58 heavy (non-hydrogen) atoms. The largest absolute Gasteiger partial charge is 0.379 e. The fourth-order valence-electron chi connectivity index (χ4n) is 6.59. The van der Waals surface area contributed by atoms with E-state index >= 15 is 0 Å². The number of carbonyl (C=O) groups excluding carboxylic acids is 1. The van der Waals surface area contributed by atoms with Gasteiger partial charge in [0, 0.05) is 19.8 Å². The van der Waals surface area contributed by atoms with E-state index < -0.39 is 0 Å². The van der Waals surface area contributed by atoms with Gasteiger partial charge in [-0.15, -0.1) is 0 Å². The van der Waals surface area contributed by atoms with Gasteiger partial charge in [-0.3, -0.25) is 4.79 Å². The van der Waals surface area contributed by atoms with Crippen LogP contribution in [0.4, 0.5) is 0 Å². The summed E-state index contributed by atoms with van der Waals surface area (Å²) < 4.78 is 35.0. The highest BCUT2D eigenvalue weighted by Gasteiger charge is 2.10. The van der Waals surface area contributed by atoms with Crippen LogP contribution >= 0.6 is 15.9 Å². The first kappa shape index (κ1) is 57.2. The summed E-state index contributed by atoms with van der Waals surface area (Å²) in [6, 6.07) is 0. The zero-order valence-electron chi connectivity index (χ0n) is 38.1. The molecule has 1 N–H and O–H groups in total. The molecule has 0 radical (unpaired) electrons. The van der Waals surface area contributed by atoms with Crippen molar-refractivity contribution >= 4 is 21.8 Å². The number of halogens is 1. The van der Waals surface area contributed by atoms with Gasteiger partial charge in [-0.1, -0.05) is 170 Å². The van der Waals surface area contributed by atoms with Crippen LogP contribution in [0.1, 0.15) is 194 Å². The zero-order chi connectivity index (χ0) is 41.9. The molecule has 0 fully saturated rings. The minimum atomic E-state index is -0.0478. The normalized spacial score (nSPS) is 12.4.